The number of aryl methyl sites for hydroxylation is 1. The lowest BCUT2D eigenvalue weighted by atomic mass is 10.1. The van der Waals surface area contributed by atoms with Crippen LogP contribution in [0.4, 0.5) is 0 Å². The van der Waals surface area contributed by atoms with E-state index in [4.69, 9.17) is 4.55 Å². The minimum absolute atomic E-state index is 0.307. The third-order valence-electron chi connectivity index (χ3n) is 1.93. The number of rotatable bonds is 3. The number of hydrogen-bond donors (Lipinski definition) is 1. The standard InChI is InChI=1S/C9H11NO5S2/c1-7-3-4-9(17(13,14)15)5-8(7)6-10-16(2,11)12/h3-6H,1-2H3,(H,13,14,15)/b10-6-. The Labute approximate surface area is 99.8 Å². The Balaban J connectivity index is 3.31. The third-order valence-corrected chi connectivity index (χ3v) is 3.27. The van der Waals surface area contributed by atoms with E-state index in [0.29, 0.717) is 11.1 Å². The lowest BCUT2D eigenvalue weighted by Gasteiger charge is -2.02. The van der Waals surface area contributed by atoms with Crippen molar-refractivity contribution in [3.63, 3.8) is 0 Å². The van der Waals surface area contributed by atoms with Crippen LogP contribution in [0.25, 0.3) is 0 Å². The van der Waals surface area contributed by atoms with Gasteiger partial charge in [0.05, 0.1) is 11.2 Å². The van der Waals surface area contributed by atoms with Crippen molar-refractivity contribution in [2.45, 2.75) is 11.8 Å². The van der Waals surface area contributed by atoms with Gasteiger partial charge < -0.3 is 0 Å². The van der Waals surface area contributed by atoms with Crippen LogP contribution in [0.1, 0.15) is 11.1 Å². The van der Waals surface area contributed by atoms with Gasteiger partial charge in [-0.3, -0.25) is 4.55 Å². The van der Waals surface area contributed by atoms with Gasteiger partial charge in [0.15, 0.2) is 0 Å². The Morgan fingerprint density at radius 2 is 1.82 bits per heavy atom. The second kappa shape index (κ2) is 4.55. The Morgan fingerprint density at radius 3 is 2.29 bits per heavy atom. The number of nitrogens with zero attached hydrogens (tertiary/aromatic N) is 1. The molecule has 0 radical (unpaired) electrons. The van der Waals surface area contributed by atoms with Crippen molar-refractivity contribution < 1.29 is 21.4 Å². The minimum Gasteiger partial charge on any atom is -0.282 e. The predicted octanol–water partition coefficient (Wildman–Crippen LogP) is 0.620. The number of sulfonamides is 1. The first-order chi connectivity index (χ1) is 7.59. The highest BCUT2D eigenvalue weighted by Crippen LogP contribution is 2.14. The van der Waals surface area contributed by atoms with Crippen molar-refractivity contribution in [3.05, 3.63) is 29.3 Å². The molecule has 0 aliphatic heterocycles. The average molecular weight is 277 g/mol. The maximum absolute atomic E-state index is 10.9. The summed E-state index contributed by atoms with van der Waals surface area (Å²) in [6, 6.07) is 3.83. The molecule has 1 rings (SSSR count). The van der Waals surface area contributed by atoms with Gasteiger partial charge in [-0.2, -0.15) is 12.8 Å². The molecular weight excluding hydrogens is 266 g/mol. The highest BCUT2D eigenvalue weighted by atomic mass is 32.2. The fourth-order valence-corrected chi connectivity index (χ4v) is 1.89. The zero-order valence-electron chi connectivity index (χ0n) is 9.15. The van der Waals surface area contributed by atoms with Crippen molar-refractivity contribution >= 4 is 26.4 Å². The molecule has 6 nitrogen and oxygen atoms in total. The Kier molecular flexibility index (Phi) is 3.70. The summed E-state index contributed by atoms with van der Waals surface area (Å²) in [5, 5.41) is 0. The molecule has 1 aromatic carbocycles. The summed E-state index contributed by atoms with van der Waals surface area (Å²) in [5.74, 6) is 0. The second-order valence-corrected chi connectivity index (χ2v) is 6.56. The molecule has 0 atom stereocenters. The van der Waals surface area contributed by atoms with E-state index in [1.165, 1.54) is 12.1 Å². The first-order valence-corrected chi connectivity index (χ1v) is 7.72. The van der Waals surface area contributed by atoms with E-state index >= 15 is 0 Å². The molecule has 0 saturated heterocycles. The summed E-state index contributed by atoms with van der Waals surface area (Å²) in [5.41, 5.74) is 0.954. The first kappa shape index (κ1) is 13.8. The van der Waals surface area contributed by atoms with Gasteiger partial charge in [0, 0.05) is 6.21 Å². The highest BCUT2D eigenvalue weighted by Gasteiger charge is 2.10. The first-order valence-electron chi connectivity index (χ1n) is 4.43. The Bertz CT molecular complexity index is 659. The predicted molar refractivity (Wildman–Crippen MR) is 63.4 cm³/mol. The molecular formula is C9H11NO5S2. The topological polar surface area (TPSA) is 101 Å². The van der Waals surface area contributed by atoms with Crippen molar-refractivity contribution in [1.82, 2.24) is 0 Å². The maximum Gasteiger partial charge on any atom is 0.294 e. The lowest BCUT2D eigenvalue weighted by Crippen LogP contribution is -2.00. The van der Waals surface area contributed by atoms with E-state index < -0.39 is 20.1 Å². The van der Waals surface area contributed by atoms with Gasteiger partial charge >= 0.3 is 0 Å². The van der Waals surface area contributed by atoms with Crippen molar-refractivity contribution in [1.29, 1.82) is 0 Å². The molecule has 94 valence electrons. The van der Waals surface area contributed by atoms with Crippen LogP contribution in [-0.4, -0.2) is 33.9 Å². The van der Waals surface area contributed by atoms with Crippen molar-refractivity contribution in [3.8, 4) is 0 Å². The molecule has 0 saturated carbocycles. The quantitative estimate of drug-likeness (QED) is 0.644. The van der Waals surface area contributed by atoms with E-state index in [2.05, 4.69) is 4.40 Å². The van der Waals surface area contributed by atoms with Crippen LogP contribution in [0, 0.1) is 6.92 Å². The molecule has 0 aliphatic rings. The SMILES string of the molecule is Cc1ccc(S(=O)(=O)O)cc1/C=N\S(C)(=O)=O. The molecule has 0 aliphatic carbocycles. The molecule has 0 fully saturated rings. The van der Waals surface area contributed by atoms with Crippen LogP contribution in [0.2, 0.25) is 0 Å². The summed E-state index contributed by atoms with van der Waals surface area (Å²) in [7, 11) is -7.84. The van der Waals surface area contributed by atoms with Gasteiger partial charge in [0.1, 0.15) is 0 Å². The van der Waals surface area contributed by atoms with Crippen LogP contribution >= 0.6 is 0 Å². The van der Waals surface area contributed by atoms with E-state index in [-0.39, 0.29) is 4.90 Å². The molecule has 0 bridgehead atoms. The largest absolute Gasteiger partial charge is 0.294 e. The normalized spacial score (nSPS) is 13.1. The van der Waals surface area contributed by atoms with E-state index in [9.17, 15) is 16.8 Å². The molecule has 0 aromatic heterocycles. The molecule has 1 N–H and O–H groups in total. The van der Waals surface area contributed by atoms with Crippen LogP contribution in [0.5, 0.6) is 0 Å². The summed E-state index contributed by atoms with van der Waals surface area (Å²) < 4.78 is 55.6. The van der Waals surface area contributed by atoms with E-state index in [1.54, 1.807) is 6.92 Å². The monoisotopic (exact) mass is 277 g/mol. The van der Waals surface area contributed by atoms with E-state index in [0.717, 1.165) is 18.5 Å². The second-order valence-electron chi connectivity index (χ2n) is 3.46. The zero-order valence-corrected chi connectivity index (χ0v) is 10.8. The number of benzene rings is 1. The lowest BCUT2D eigenvalue weighted by molar-refractivity contribution is 0.483. The van der Waals surface area contributed by atoms with Crippen LogP contribution in [-0.2, 0) is 20.1 Å². The summed E-state index contributed by atoms with van der Waals surface area (Å²) >= 11 is 0. The van der Waals surface area contributed by atoms with Gasteiger partial charge in [-0.1, -0.05) is 6.07 Å². The molecule has 0 spiro atoms. The molecule has 8 heteroatoms. The van der Waals surface area contributed by atoms with Crippen molar-refractivity contribution in [2.75, 3.05) is 6.26 Å². The molecule has 0 amide bonds. The average Bonchev–Trinajstić information content (AvgIpc) is 2.13. The molecule has 0 unspecified atom stereocenters. The van der Waals surface area contributed by atoms with Crippen LogP contribution in [0.15, 0.2) is 27.5 Å². The Morgan fingerprint density at radius 1 is 1.24 bits per heavy atom. The fourth-order valence-electron chi connectivity index (χ4n) is 1.07. The van der Waals surface area contributed by atoms with Gasteiger partial charge in [-0.15, -0.1) is 0 Å². The van der Waals surface area contributed by atoms with Gasteiger partial charge in [0.25, 0.3) is 10.1 Å². The molecule has 1 aromatic rings. The summed E-state index contributed by atoms with van der Waals surface area (Å²) in [6.07, 6.45) is 1.96. The van der Waals surface area contributed by atoms with Gasteiger partial charge in [-0.25, -0.2) is 8.42 Å². The van der Waals surface area contributed by atoms with Crippen LogP contribution < -0.4 is 0 Å². The van der Waals surface area contributed by atoms with Crippen LogP contribution in [0.3, 0.4) is 0 Å². The van der Waals surface area contributed by atoms with Crippen molar-refractivity contribution in [2.24, 2.45) is 4.40 Å². The minimum atomic E-state index is -4.31. The molecule has 0 heterocycles. The Hall–Kier alpha value is -1.25. The van der Waals surface area contributed by atoms with E-state index in [1.807, 2.05) is 0 Å². The smallest absolute Gasteiger partial charge is 0.282 e. The summed E-state index contributed by atoms with van der Waals surface area (Å²) in [6.45, 7) is 1.66. The highest BCUT2D eigenvalue weighted by molar-refractivity contribution is 7.89. The third kappa shape index (κ3) is 4.25. The van der Waals surface area contributed by atoms with Gasteiger partial charge in [-0.05, 0) is 30.2 Å². The number of hydrogen-bond acceptors (Lipinski definition) is 4. The fraction of sp³-hybridized carbons (Fsp3) is 0.222. The summed E-state index contributed by atoms with van der Waals surface area (Å²) in [4.78, 5) is -0.307. The van der Waals surface area contributed by atoms with Gasteiger partial charge in [0.2, 0.25) is 10.0 Å². The zero-order chi connectivity index (χ0) is 13.3. The maximum atomic E-state index is 10.9. The molecule has 17 heavy (non-hydrogen) atoms.